The lowest BCUT2D eigenvalue weighted by Gasteiger charge is -2.16. The molecular weight excluding hydrogens is 493 g/mol. The van der Waals surface area contributed by atoms with Crippen molar-refractivity contribution < 1.29 is 18.0 Å². The van der Waals surface area contributed by atoms with Gasteiger partial charge in [0.15, 0.2) is 17.5 Å². The Labute approximate surface area is 215 Å². The van der Waals surface area contributed by atoms with E-state index < -0.39 is 28.4 Å². The maximum absolute atomic E-state index is 14.5. The second-order valence-electron chi connectivity index (χ2n) is 9.67. The van der Waals surface area contributed by atoms with Gasteiger partial charge in [0.05, 0.1) is 22.7 Å². The summed E-state index contributed by atoms with van der Waals surface area (Å²) in [5.41, 5.74) is 8.22. The molecule has 3 N–H and O–H groups in total. The van der Waals surface area contributed by atoms with Gasteiger partial charge in [-0.25, -0.2) is 28.1 Å². The second kappa shape index (κ2) is 8.41. The molecule has 7 nitrogen and oxygen atoms in total. The summed E-state index contributed by atoms with van der Waals surface area (Å²) in [6, 6.07) is 13.0. The first-order valence-electron chi connectivity index (χ1n) is 11.8. The molecule has 0 bridgehead atoms. The van der Waals surface area contributed by atoms with Gasteiger partial charge in [0.1, 0.15) is 23.3 Å². The average Bonchev–Trinajstić information content (AvgIpc) is 3.41. The second-order valence-corrected chi connectivity index (χ2v) is 9.67. The number of nitrogens with two attached hydrogens (primary N) is 1. The quantitative estimate of drug-likeness (QED) is 0.318. The Morgan fingerprint density at radius 2 is 1.74 bits per heavy atom. The normalized spacial score (nSPS) is 14.1. The Morgan fingerprint density at radius 3 is 2.50 bits per heavy atom. The minimum Gasteiger partial charge on any atom is -0.383 e. The fraction of sp³-hybridized carbons (Fsp3) is 0.143. The molecule has 1 aliphatic heterocycles. The molecule has 5 aromatic rings. The zero-order chi connectivity index (χ0) is 26.8. The van der Waals surface area contributed by atoms with Crippen molar-refractivity contribution in [1.82, 2.24) is 19.4 Å². The number of pyridine rings is 1. The summed E-state index contributed by atoms with van der Waals surface area (Å²) in [4.78, 5) is 26.1. The third kappa shape index (κ3) is 3.60. The molecule has 2 aromatic carbocycles. The third-order valence-electron chi connectivity index (χ3n) is 6.90. The fourth-order valence-electron chi connectivity index (χ4n) is 4.82. The molecule has 0 unspecified atom stereocenters. The number of nitrogens with zero attached hydrogens (tertiary/aromatic N) is 4. The van der Waals surface area contributed by atoms with Gasteiger partial charge in [-0.2, -0.15) is 0 Å². The largest absolute Gasteiger partial charge is 0.383 e. The maximum atomic E-state index is 14.5. The molecule has 4 heterocycles. The number of nitrogen functional groups attached to an aromatic ring is 1. The van der Waals surface area contributed by atoms with E-state index in [1.165, 1.54) is 6.20 Å². The van der Waals surface area contributed by atoms with Crippen molar-refractivity contribution in [3.8, 4) is 22.5 Å². The van der Waals surface area contributed by atoms with Crippen LogP contribution in [0.25, 0.3) is 28.0 Å². The zero-order valence-corrected chi connectivity index (χ0v) is 20.4. The SMILES string of the molecule is CC1(C)C(=O)Nc2nc(-c3cc(-c4ccccc4)cn4c(Cc5c(F)ccc(F)c5F)ncc34)nc(N)c21. The summed E-state index contributed by atoms with van der Waals surface area (Å²) in [7, 11) is 0. The molecule has 1 amide bonds. The Kier molecular flexibility index (Phi) is 5.23. The molecule has 0 radical (unpaired) electrons. The van der Waals surface area contributed by atoms with Gasteiger partial charge < -0.3 is 15.5 Å². The monoisotopic (exact) mass is 514 g/mol. The summed E-state index contributed by atoms with van der Waals surface area (Å²) in [6.07, 6.45) is 3.02. The molecule has 3 aromatic heterocycles. The standard InChI is InChI=1S/C28H21F3N6O/c1-28(2)22-24(32)34-25(35-26(22)36-27(28)38)17-10-15(14-6-4-3-5-7-14)13-37-20(17)12-33-21(37)11-16-18(29)8-9-19(30)23(16)31/h3-10,12-13H,11H2,1-2H3,(H3,32,34,35,36,38). The van der Waals surface area contributed by atoms with Crippen LogP contribution in [0.1, 0.15) is 30.8 Å². The summed E-state index contributed by atoms with van der Waals surface area (Å²) in [6.45, 7) is 3.49. The molecule has 10 heteroatoms. The van der Waals surface area contributed by atoms with Gasteiger partial charge in [0.2, 0.25) is 5.91 Å². The zero-order valence-electron chi connectivity index (χ0n) is 20.4. The highest BCUT2D eigenvalue weighted by atomic mass is 19.2. The number of aromatic nitrogens is 4. The lowest BCUT2D eigenvalue weighted by molar-refractivity contribution is -0.119. The summed E-state index contributed by atoms with van der Waals surface area (Å²) in [5, 5.41) is 2.78. The van der Waals surface area contributed by atoms with E-state index >= 15 is 0 Å². The minimum absolute atomic E-state index is 0.167. The van der Waals surface area contributed by atoms with Crippen LogP contribution < -0.4 is 11.1 Å². The van der Waals surface area contributed by atoms with E-state index in [4.69, 9.17) is 5.73 Å². The predicted molar refractivity (Wildman–Crippen MR) is 137 cm³/mol. The van der Waals surface area contributed by atoms with E-state index in [1.807, 2.05) is 36.4 Å². The van der Waals surface area contributed by atoms with Gasteiger partial charge in [0, 0.05) is 23.7 Å². The lowest BCUT2D eigenvalue weighted by Crippen LogP contribution is -2.27. The van der Waals surface area contributed by atoms with Gasteiger partial charge >= 0.3 is 0 Å². The first-order valence-corrected chi connectivity index (χ1v) is 11.8. The number of nitrogens with one attached hydrogen (secondary N) is 1. The van der Waals surface area contributed by atoms with Crippen LogP contribution in [0, 0.1) is 17.5 Å². The number of rotatable bonds is 4. The van der Waals surface area contributed by atoms with Crippen molar-refractivity contribution in [3.63, 3.8) is 0 Å². The molecule has 0 aliphatic carbocycles. The number of carbonyl (C=O) groups excluding carboxylic acids is 1. The highest BCUT2D eigenvalue weighted by molar-refractivity contribution is 6.06. The first kappa shape index (κ1) is 23.7. The number of anilines is 2. The van der Waals surface area contributed by atoms with E-state index in [1.54, 1.807) is 24.4 Å². The minimum atomic E-state index is -1.26. The van der Waals surface area contributed by atoms with Crippen molar-refractivity contribution >= 4 is 23.1 Å². The van der Waals surface area contributed by atoms with Crippen LogP contribution in [-0.2, 0) is 16.6 Å². The summed E-state index contributed by atoms with van der Waals surface area (Å²) in [5.74, 6) is -2.47. The number of amides is 1. The summed E-state index contributed by atoms with van der Waals surface area (Å²) < 4.78 is 44.5. The van der Waals surface area contributed by atoms with Crippen LogP contribution in [0.5, 0.6) is 0 Å². The molecule has 0 saturated heterocycles. The number of fused-ring (bicyclic) bond motifs is 2. The molecule has 190 valence electrons. The number of carbonyl (C=O) groups is 1. The van der Waals surface area contributed by atoms with Crippen molar-refractivity contribution in [2.45, 2.75) is 25.7 Å². The van der Waals surface area contributed by atoms with Gasteiger partial charge in [-0.15, -0.1) is 0 Å². The molecule has 38 heavy (non-hydrogen) atoms. The smallest absolute Gasteiger partial charge is 0.235 e. The predicted octanol–water partition coefficient (Wildman–Crippen LogP) is 5.28. The topological polar surface area (TPSA) is 98.2 Å². The molecule has 0 fully saturated rings. The van der Waals surface area contributed by atoms with Crippen LogP contribution in [-0.4, -0.2) is 25.3 Å². The van der Waals surface area contributed by atoms with E-state index in [9.17, 15) is 18.0 Å². The van der Waals surface area contributed by atoms with E-state index in [2.05, 4.69) is 20.3 Å². The van der Waals surface area contributed by atoms with Crippen molar-refractivity contribution in [1.29, 1.82) is 0 Å². The van der Waals surface area contributed by atoms with Crippen molar-refractivity contribution in [2.24, 2.45) is 0 Å². The van der Waals surface area contributed by atoms with Gasteiger partial charge in [-0.3, -0.25) is 4.79 Å². The van der Waals surface area contributed by atoms with E-state index in [0.29, 0.717) is 22.5 Å². The van der Waals surface area contributed by atoms with Crippen LogP contribution in [0.4, 0.5) is 24.8 Å². The fourth-order valence-corrected chi connectivity index (χ4v) is 4.82. The van der Waals surface area contributed by atoms with Crippen LogP contribution in [0.2, 0.25) is 0 Å². The van der Waals surface area contributed by atoms with Crippen LogP contribution in [0.3, 0.4) is 0 Å². The molecule has 0 atom stereocenters. The lowest BCUT2D eigenvalue weighted by atomic mass is 9.87. The van der Waals surface area contributed by atoms with E-state index in [-0.39, 0.29) is 29.8 Å². The molecule has 0 saturated carbocycles. The van der Waals surface area contributed by atoms with Crippen molar-refractivity contribution in [2.75, 3.05) is 11.1 Å². The van der Waals surface area contributed by atoms with Gasteiger partial charge in [0.25, 0.3) is 0 Å². The molecule has 1 aliphatic rings. The highest BCUT2D eigenvalue weighted by Crippen LogP contribution is 2.41. The van der Waals surface area contributed by atoms with Crippen LogP contribution >= 0.6 is 0 Å². The third-order valence-corrected chi connectivity index (χ3v) is 6.90. The first-order chi connectivity index (χ1) is 18.1. The van der Waals surface area contributed by atoms with Gasteiger partial charge in [-0.05, 0) is 43.2 Å². The Hall–Kier alpha value is -4.73. The molecule has 0 spiro atoms. The Bertz CT molecular complexity index is 1760. The average molecular weight is 515 g/mol. The Balaban J connectivity index is 1.57. The van der Waals surface area contributed by atoms with Crippen molar-refractivity contribution in [3.05, 3.63) is 95.3 Å². The number of hydrogen-bond acceptors (Lipinski definition) is 5. The van der Waals surface area contributed by atoms with Crippen LogP contribution in [0.15, 0.2) is 60.9 Å². The number of benzene rings is 2. The molecular formula is C28H21F3N6O. The maximum Gasteiger partial charge on any atom is 0.235 e. The summed E-state index contributed by atoms with van der Waals surface area (Å²) >= 11 is 0. The van der Waals surface area contributed by atoms with E-state index in [0.717, 1.165) is 23.3 Å². The van der Waals surface area contributed by atoms with Gasteiger partial charge in [-0.1, -0.05) is 30.3 Å². The number of imidazole rings is 1. The highest BCUT2D eigenvalue weighted by Gasteiger charge is 2.42. The Morgan fingerprint density at radius 1 is 1.00 bits per heavy atom. The number of halogens is 3. The molecule has 6 rings (SSSR count). The number of hydrogen-bond donors (Lipinski definition) is 2.